The van der Waals surface area contributed by atoms with Gasteiger partial charge in [-0.05, 0) is 76.4 Å². The molecule has 1 aliphatic rings. The third-order valence-electron chi connectivity index (χ3n) is 7.19. The number of nitriles is 1. The largest absolute Gasteiger partial charge is 0.461 e. The van der Waals surface area contributed by atoms with Gasteiger partial charge in [0.15, 0.2) is 0 Å². The van der Waals surface area contributed by atoms with Gasteiger partial charge in [-0.3, -0.25) is 9.78 Å². The minimum Gasteiger partial charge on any atom is -0.461 e. The minimum atomic E-state index is -1.13. The number of aryl methyl sites for hydroxylation is 1. The SMILES string of the molecule is CCC/C=C/N(C[C@]1(C)CC(CN([C-]=O)c2cnc(C(C)(C)O)cn2)CCC1=O)c1cc(C#N)ccc1C.[U]. The van der Waals surface area contributed by atoms with Crippen LogP contribution in [0.15, 0.2) is 42.9 Å². The number of carbonyl (C=O) groups is 1. The molecule has 8 nitrogen and oxygen atoms in total. The number of hydrogen-bond donors (Lipinski definition) is 1. The van der Waals surface area contributed by atoms with Gasteiger partial charge >= 0.3 is 0 Å². The zero-order valence-corrected chi connectivity index (χ0v) is 27.7. The average molecular weight is 755 g/mol. The number of allylic oxidation sites excluding steroid dienone is 1. The van der Waals surface area contributed by atoms with Crippen molar-refractivity contribution in [2.75, 3.05) is 22.9 Å². The zero-order chi connectivity index (χ0) is 27.9. The summed E-state index contributed by atoms with van der Waals surface area (Å²) in [6, 6.07) is 7.83. The predicted octanol–water partition coefficient (Wildman–Crippen LogP) is 4.95. The molecule has 0 bridgehead atoms. The molecule has 1 heterocycles. The van der Waals surface area contributed by atoms with Gasteiger partial charge in [-0.25, -0.2) is 0 Å². The molecular weight excluding hydrogens is 716 g/mol. The van der Waals surface area contributed by atoms with Gasteiger partial charge in [0.2, 0.25) is 0 Å². The van der Waals surface area contributed by atoms with E-state index in [1.54, 1.807) is 19.9 Å². The Labute approximate surface area is 255 Å². The first-order valence-electron chi connectivity index (χ1n) is 13.2. The first-order chi connectivity index (χ1) is 18.0. The van der Waals surface area contributed by atoms with Crippen molar-refractivity contribution >= 4 is 23.7 Å². The Morgan fingerprint density at radius 1 is 1.31 bits per heavy atom. The summed E-state index contributed by atoms with van der Waals surface area (Å²) in [5.74, 6) is 0.635. The van der Waals surface area contributed by atoms with Crippen molar-refractivity contribution in [2.24, 2.45) is 11.3 Å². The Balaban J connectivity index is 0.00000533. The number of unbranched alkanes of at least 4 members (excludes halogenated alkanes) is 1. The van der Waals surface area contributed by atoms with Crippen LogP contribution in [0.3, 0.4) is 0 Å². The zero-order valence-electron chi connectivity index (χ0n) is 23.6. The third-order valence-corrected chi connectivity index (χ3v) is 7.19. The number of ketones is 1. The number of benzene rings is 1. The van der Waals surface area contributed by atoms with Gasteiger partial charge in [0.25, 0.3) is 0 Å². The average Bonchev–Trinajstić information content (AvgIpc) is 2.89. The molecular formula is C30H38N5O3U-. The van der Waals surface area contributed by atoms with Crippen molar-refractivity contribution < 1.29 is 45.8 Å². The van der Waals surface area contributed by atoms with Crippen LogP contribution >= 0.6 is 0 Å². The summed E-state index contributed by atoms with van der Waals surface area (Å²) >= 11 is 0. The van der Waals surface area contributed by atoms with Crippen molar-refractivity contribution in [3.05, 3.63) is 59.7 Å². The Kier molecular flexibility index (Phi) is 11.9. The quantitative estimate of drug-likeness (QED) is 0.256. The van der Waals surface area contributed by atoms with Crippen LogP contribution in [0.1, 0.15) is 76.6 Å². The summed E-state index contributed by atoms with van der Waals surface area (Å²) in [5.41, 5.74) is 1.16. The van der Waals surface area contributed by atoms with Crippen LogP contribution in [0, 0.1) is 60.7 Å². The number of aliphatic hydroxyl groups is 1. The molecule has 0 saturated heterocycles. The summed E-state index contributed by atoms with van der Waals surface area (Å²) in [7, 11) is 0. The normalized spacial score (nSPS) is 19.3. The first kappa shape index (κ1) is 32.7. The number of rotatable bonds is 11. The maximum absolute atomic E-state index is 13.3. The van der Waals surface area contributed by atoms with E-state index in [1.807, 2.05) is 38.6 Å². The molecule has 1 aromatic carbocycles. The Morgan fingerprint density at radius 3 is 2.64 bits per heavy atom. The number of Topliss-reactive ketones (excluding diaryl/α,β-unsaturated/α-hetero) is 1. The van der Waals surface area contributed by atoms with E-state index >= 15 is 0 Å². The summed E-state index contributed by atoms with van der Waals surface area (Å²) in [6.07, 6.45) is 12.7. The van der Waals surface area contributed by atoms with Crippen molar-refractivity contribution in [2.45, 2.75) is 72.3 Å². The number of aromatic nitrogens is 2. The molecule has 0 aliphatic heterocycles. The molecule has 0 spiro atoms. The van der Waals surface area contributed by atoms with Crippen molar-refractivity contribution in [1.82, 2.24) is 9.97 Å². The second kappa shape index (κ2) is 14.2. The second-order valence-corrected chi connectivity index (χ2v) is 11.0. The molecule has 1 unspecified atom stereocenters. The van der Waals surface area contributed by atoms with E-state index in [-0.39, 0.29) is 42.8 Å². The number of amides is 1. The predicted molar refractivity (Wildman–Crippen MR) is 148 cm³/mol. The summed E-state index contributed by atoms with van der Waals surface area (Å²) < 4.78 is 0. The van der Waals surface area contributed by atoms with Gasteiger partial charge in [-0.2, -0.15) is 5.26 Å². The maximum Gasteiger partial charge on any atom is 0.140 e. The Hall–Kier alpha value is -2.52. The van der Waals surface area contributed by atoms with E-state index in [9.17, 15) is 20.0 Å². The van der Waals surface area contributed by atoms with Gasteiger partial charge in [0, 0.05) is 73.4 Å². The van der Waals surface area contributed by atoms with Crippen molar-refractivity contribution in [3.8, 4) is 6.07 Å². The number of anilines is 2. The Bertz CT molecular complexity index is 1200. The van der Waals surface area contributed by atoms with Gasteiger partial charge < -0.3 is 24.7 Å². The fourth-order valence-electron chi connectivity index (χ4n) is 4.96. The molecule has 3 rings (SSSR count). The molecule has 1 fully saturated rings. The molecule has 39 heavy (non-hydrogen) atoms. The van der Waals surface area contributed by atoms with E-state index < -0.39 is 11.0 Å². The van der Waals surface area contributed by atoms with Crippen LogP contribution in [0.2, 0.25) is 0 Å². The third kappa shape index (κ3) is 8.48. The molecule has 1 saturated carbocycles. The van der Waals surface area contributed by atoms with E-state index in [0.717, 1.165) is 24.1 Å². The van der Waals surface area contributed by atoms with E-state index in [1.165, 1.54) is 17.3 Å². The van der Waals surface area contributed by atoms with Crippen LogP contribution < -0.4 is 9.80 Å². The molecule has 0 radical (unpaired) electrons. The standard InChI is InChI=1S/C30H38N5O3.U/c1-6-7-8-13-34(25-14-23(16-31)10-9-22(25)2)20-30(5)15-24(11-12-27(30)37)19-35(21-36)28-18-32-26(17-33-28)29(3,4)38;/h8-10,13-14,17-18,24,38H,6-7,11-12,15,19-20H2,1-5H3;/q-1;/b13-8+;/t24?,30-;/m0./s1. The monoisotopic (exact) mass is 754 g/mol. The van der Waals surface area contributed by atoms with Gasteiger partial charge in [0.05, 0.1) is 23.7 Å². The van der Waals surface area contributed by atoms with Crippen LogP contribution in [0.4, 0.5) is 11.5 Å². The summed E-state index contributed by atoms with van der Waals surface area (Å²) in [4.78, 5) is 37.2. The molecule has 1 aromatic heterocycles. The minimum absolute atomic E-state index is 0. The van der Waals surface area contributed by atoms with Crippen LogP contribution in [-0.2, 0) is 15.2 Å². The van der Waals surface area contributed by atoms with Gasteiger partial charge in [0.1, 0.15) is 11.4 Å². The fourth-order valence-corrected chi connectivity index (χ4v) is 4.96. The maximum atomic E-state index is 13.3. The summed E-state index contributed by atoms with van der Waals surface area (Å²) in [5, 5.41) is 19.6. The number of carbonyl (C=O) groups excluding carboxylic acids is 2. The second-order valence-electron chi connectivity index (χ2n) is 11.0. The molecule has 9 heteroatoms. The van der Waals surface area contributed by atoms with Gasteiger partial charge in [-0.15, -0.1) is 0 Å². The van der Waals surface area contributed by atoms with Crippen molar-refractivity contribution in [3.63, 3.8) is 0 Å². The van der Waals surface area contributed by atoms with Gasteiger partial charge in [-0.1, -0.05) is 32.4 Å². The van der Waals surface area contributed by atoms with E-state index in [0.29, 0.717) is 49.4 Å². The smallest absolute Gasteiger partial charge is 0.140 e. The fraction of sp³-hybridized carbons (Fsp3) is 0.500. The van der Waals surface area contributed by atoms with Crippen molar-refractivity contribution in [1.29, 1.82) is 5.26 Å². The van der Waals surface area contributed by atoms with E-state index in [2.05, 4.69) is 33.9 Å². The number of nitrogens with zero attached hydrogens (tertiary/aromatic N) is 5. The molecule has 1 N–H and O–H groups in total. The summed E-state index contributed by atoms with van der Waals surface area (Å²) in [6.45, 7) is 10.2. The van der Waals surface area contributed by atoms with E-state index in [4.69, 9.17) is 0 Å². The molecule has 2 atom stereocenters. The Morgan fingerprint density at radius 2 is 2.05 bits per heavy atom. The first-order valence-corrected chi connectivity index (χ1v) is 13.2. The van der Waals surface area contributed by atoms with Crippen LogP contribution in [-0.4, -0.2) is 40.4 Å². The van der Waals surface area contributed by atoms with Crippen LogP contribution in [0.5, 0.6) is 0 Å². The van der Waals surface area contributed by atoms with Crippen LogP contribution in [0.25, 0.3) is 0 Å². The topological polar surface area (TPSA) is 110 Å². The molecule has 206 valence electrons. The number of hydrogen-bond acceptors (Lipinski definition) is 7. The molecule has 1 amide bonds. The molecule has 1 aliphatic carbocycles. The molecule has 2 aromatic rings.